The zero-order valence-electron chi connectivity index (χ0n) is 29.7. The molecule has 0 bridgehead atoms. The number of carbonyl (C=O) groups is 1. The number of halogens is 1. The summed E-state index contributed by atoms with van der Waals surface area (Å²) in [6.07, 6.45) is 8.05. The van der Waals surface area contributed by atoms with Crippen LogP contribution in [0, 0.1) is 12.7 Å². The molecule has 1 saturated heterocycles. The highest BCUT2D eigenvalue weighted by Gasteiger charge is 2.33. The first-order chi connectivity index (χ1) is 23.2. The fraction of sp³-hybridized carbons (Fsp3) is 0.400. The van der Waals surface area contributed by atoms with Crippen LogP contribution in [0.25, 0.3) is 27.9 Å². The molecule has 49 heavy (non-hydrogen) atoms. The summed E-state index contributed by atoms with van der Waals surface area (Å²) < 4.78 is 33.1. The van der Waals surface area contributed by atoms with E-state index in [0.29, 0.717) is 25.4 Å². The molecular formula is C40H50FN3O5. The van der Waals surface area contributed by atoms with Gasteiger partial charge in [0.25, 0.3) is 0 Å². The molecule has 1 N–H and O–H groups in total. The number of aromatic nitrogens is 2. The van der Waals surface area contributed by atoms with Crippen molar-refractivity contribution < 1.29 is 28.5 Å². The summed E-state index contributed by atoms with van der Waals surface area (Å²) >= 11 is 0. The predicted molar refractivity (Wildman–Crippen MR) is 195 cm³/mol. The molecule has 1 fully saturated rings. The number of piperidine rings is 1. The van der Waals surface area contributed by atoms with Crippen LogP contribution < -0.4 is 9.64 Å². The second-order valence-corrected chi connectivity index (χ2v) is 13.6. The molecule has 0 unspecified atom stereocenters. The monoisotopic (exact) mass is 671 g/mol. The normalized spacial score (nSPS) is 14.2. The van der Waals surface area contributed by atoms with Gasteiger partial charge in [-0.05, 0) is 94.8 Å². The maximum atomic E-state index is 14.1. The molecule has 4 aromatic rings. The third-order valence-corrected chi connectivity index (χ3v) is 8.28. The van der Waals surface area contributed by atoms with Gasteiger partial charge in [0, 0.05) is 36.5 Å². The molecule has 8 nitrogen and oxygen atoms in total. The van der Waals surface area contributed by atoms with E-state index in [9.17, 15) is 9.18 Å². The summed E-state index contributed by atoms with van der Waals surface area (Å²) in [5.41, 5.74) is 6.48. The molecule has 262 valence electrons. The number of hydrogen-bond donors (Lipinski definition) is 1. The molecule has 0 amide bonds. The van der Waals surface area contributed by atoms with Crippen LogP contribution in [0.3, 0.4) is 0 Å². The van der Waals surface area contributed by atoms with Gasteiger partial charge in [-0.1, -0.05) is 30.4 Å². The number of esters is 1. The molecule has 5 rings (SSSR count). The zero-order valence-corrected chi connectivity index (χ0v) is 29.7. The lowest BCUT2D eigenvalue weighted by Gasteiger charge is -2.41. The lowest BCUT2D eigenvalue weighted by Crippen LogP contribution is -2.45. The van der Waals surface area contributed by atoms with Crippen molar-refractivity contribution >= 4 is 17.2 Å². The van der Waals surface area contributed by atoms with Crippen molar-refractivity contribution in [2.75, 3.05) is 38.3 Å². The van der Waals surface area contributed by atoms with Crippen molar-refractivity contribution in [1.82, 2.24) is 9.61 Å². The van der Waals surface area contributed by atoms with Crippen molar-refractivity contribution in [3.05, 3.63) is 97.0 Å². The number of methoxy groups -OCH3 is 1. The lowest BCUT2D eigenvalue weighted by atomic mass is 9.92. The van der Waals surface area contributed by atoms with Crippen LogP contribution in [0.5, 0.6) is 5.75 Å². The Labute approximate surface area is 289 Å². The highest BCUT2D eigenvalue weighted by molar-refractivity contribution is 5.86. The first-order valence-electron chi connectivity index (χ1n) is 16.7. The van der Waals surface area contributed by atoms with Gasteiger partial charge in [0.15, 0.2) is 0 Å². The topological polar surface area (TPSA) is 85.5 Å². The second kappa shape index (κ2) is 16.3. The van der Waals surface area contributed by atoms with E-state index in [-0.39, 0.29) is 23.8 Å². The molecule has 0 aliphatic carbocycles. The molecule has 0 atom stereocenters. The Balaban J connectivity index is 0.00000101. The van der Waals surface area contributed by atoms with Crippen molar-refractivity contribution in [2.45, 2.75) is 71.5 Å². The first-order valence-corrected chi connectivity index (χ1v) is 16.7. The third-order valence-electron chi connectivity index (χ3n) is 8.28. The molecular weight excluding hydrogens is 621 g/mol. The minimum absolute atomic E-state index is 0.171. The van der Waals surface area contributed by atoms with E-state index >= 15 is 0 Å². The second-order valence-electron chi connectivity index (χ2n) is 13.6. The number of hydrogen-bond acceptors (Lipinski definition) is 7. The highest BCUT2D eigenvalue weighted by Crippen LogP contribution is 2.38. The summed E-state index contributed by atoms with van der Waals surface area (Å²) in [6.45, 7) is 19.4. The Morgan fingerprint density at radius 3 is 2.43 bits per heavy atom. The van der Waals surface area contributed by atoms with Crippen molar-refractivity contribution in [1.29, 1.82) is 0 Å². The summed E-state index contributed by atoms with van der Waals surface area (Å²) in [6, 6.07) is 14.7. The fourth-order valence-corrected chi connectivity index (χ4v) is 5.77. The number of anilines is 1. The molecule has 2 aromatic carbocycles. The minimum atomic E-state index is -0.500. The van der Waals surface area contributed by atoms with Gasteiger partial charge in [-0.15, -0.1) is 13.2 Å². The van der Waals surface area contributed by atoms with E-state index in [2.05, 4.69) is 31.0 Å². The van der Waals surface area contributed by atoms with Gasteiger partial charge in [-0.2, -0.15) is 5.10 Å². The van der Waals surface area contributed by atoms with Crippen LogP contribution in [0.4, 0.5) is 10.1 Å². The molecule has 2 aromatic heterocycles. The largest absolute Gasteiger partial charge is 0.493 e. The van der Waals surface area contributed by atoms with Crippen molar-refractivity contribution in [2.24, 2.45) is 0 Å². The molecule has 0 radical (unpaired) electrons. The van der Waals surface area contributed by atoms with E-state index < -0.39 is 5.60 Å². The number of carbonyl (C=O) groups excluding carboxylic acids is 1. The molecule has 0 saturated carbocycles. The van der Waals surface area contributed by atoms with E-state index in [0.717, 1.165) is 70.6 Å². The van der Waals surface area contributed by atoms with E-state index in [1.54, 1.807) is 39.0 Å². The summed E-state index contributed by atoms with van der Waals surface area (Å²) in [7, 11) is 1.42. The number of rotatable bonds is 12. The quantitative estimate of drug-likeness (QED) is 0.0925. The van der Waals surface area contributed by atoms with Crippen LogP contribution in [0.1, 0.15) is 58.1 Å². The SMILES string of the molecule is C=CCCOc1cc(F)ccc1-c1cccc(-c2cc3c(N4CCC(C)(OCC=C)CC4)c(CC(=O)OC)c(C)cn3n2)c1.CC(C)(C)O. The summed E-state index contributed by atoms with van der Waals surface area (Å²) in [5, 5.41) is 13.5. The van der Waals surface area contributed by atoms with Gasteiger partial charge in [-0.25, -0.2) is 8.91 Å². The summed E-state index contributed by atoms with van der Waals surface area (Å²) in [5.74, 6) is -0.152. The van der Waals surface area contributed by atoms with Gasteiger partial charge in [-0.3, -0.25) is 4.79 Å². The van der Waals surface area contributed by atoms with Gasteiger partial charge in [0.1, 0.15) is 11.6 Å². The number of aliphatic hydroxyl groups is 1. The molecule has 1 aliphatic rings. The van der Waals surface area contributed by atoms with Crippen LogP contribution >= 0.6 is 0 Å². The number of aryl methyl sites for hydroxylation is 1. The molecule has 3 heterocycles. The van der Waals surface area contributed by atoms with Crippen LogP contribution in [0.15, 0.2) is 80.0 Å². The third kappa shape index (κ3) is 10.0. The van der Waals surface area contributed by atoms with Gasteiger partial charge in [0.2, 0.25) is 0 Å². The Hall–Kier alpha value is -4.47. The van der Waals surface area contributed by atoms with Crippen LogP contribution in [-0.4, -0.2) is 65.3 Å². The summed E-state index contributed by atoms with van der Waals surface area (Å²) in [4.78, 5) is 14.9. The maximum absolute atomic E-state index is 14.1. The minimum Gasteiger partial charge on any atom is -0.493 e. The van der Waals surface area contributed by atoms with Crippen molar-refractivity contribution in [3.63, 3.8) is 0 Å². The number of ether oxygens (including phenoxy) is 3. The fourth-order valence-electron chi connectivity index (χ4n) is 5.77. The molecule has 0 spiro atoms. The molecule has 1 aliphatic heterocycles. The number of benzene rings is 2. The Morgan fingerprint density at radius 1 is 1.08 bits per heavy atom. The van der Waals surface area contributed by atoms with E-state index in [1.165, 1.54) is 19.2 Å². The number of nitrogens with zero attached hydrogens (tertiary/aromatic N) is 3. The number of pyridine rings is 1. The smallest absolute Gasteiger partial charge is 0.310 e. The lowest BCUT2D eigenvalue weighted by molar-refractivity contribution is -0.139. The average Bonchev–Trinajstić information content (AvgIpc) is 3.48. The van der Waals surface area contributed by atoms with Gasteiger partial charge in [0.05, 0.1) is 54.8 Å². The predicted octanol–water partition coefficient (Wildman–Crippen LogP) is 8.12. The number of fused-ring (bicyclic) bond motifs is 1. The molecule has 9 heteroatoms. The average molecular weight is 672 g/mol. The van der Waals surface area contributed by atoms with Gasteiger partial charge >= 0.3 is 5.97 Å². The first kappa shape index (κ1) is 37.4. The van der Waals surface area contributed by atoms with Crippen LogP contribution in [0.2, 0.25) is 0 Å². The Morgan fingerprint density at radius 2 is 1.78 bits per heavy atom. The standard InChI is InChI=1S/C36H40FN3O4.C4H10O/c1-6-8-19-43-33-21-28(37)12-13-29(33)26-10-9-11-27(20-26)31-23-32-35(39-16-14-36(4,15-17-39)44-18-7-2)30(22-34(41)42-5)25(3)24-40(32)38-31;1-4(2,3)5/h6-7,9-13,20-21,23-24H,1-2,8,14-19,22H2,3-5H3;5H,1-3H3. The van der Waals surface area contributed by atoms with E-state index in [4.69, 9.17) is 24.4 Å². The van der Waals surface area contributed by atoms with E-state index in [1.807, 2.05) is 41.9 Å². The Bertz CT molecular complexity index is 1760. The van der Waals surface area contributed by atoms with Gasteiger partial charge < -0.3 is 24.2 Å². The van der Waals surface area contributed by atoms with Crippen molar-refractivity contribution in [3.8, 4) is 28.1 Å². The Kier molecular flexibility index (Phi) is 12.4. The highest BCUT2D eigenvalue weighted by atomic mass is 19.1. The van der Waals surface area contributed by atoms with Crippen LogP contribution in [-0.2, 0) is 20.7 Å². The zero-order chi connectivity index (χ0) is 35.8. The maximum Gasteiger partial charge on any atom is 0.310 e.